The number of nitrogens with two attached hydrogens (primary N) is 1. The maximum atomic E-state index is 10.1. The van der Waals surface area contributed by atoms with Gasteiger partial charge in [0.05, 0.1) is 5.69 Å². The van der Waals surface area contributed by atoms with Gasteiger partial charge in [-0.15, -0.1) is 12.4 Å². The van der Waals surface area contributed by atoms with Gasteiger partial charge in [0.25, 0.3) is 0 Å². The SMILES string of the molecule is Cl.NN(N=S(=O)=O)c1ccccc1. The molecule has 72 valence electrons. The highest BCUT2D eigenvalue weighted by Gasteiger charge is 1.95. The molecule has 1 aromatic rings. The largest absolute Gasteiger partial charge is 0.334 e. The molecule has 0 heterocycles. The molecule has 0 aliphatic carbocycles. The first kappa shape index (κ1) is 11.9. The van der Waals surface area contributed by atoms with Gasteiger partial charge in [-0.3, -0.25) is 0 Å². The summed E-state index contributed by atoms with van der Waals surface area (Å²) in [5, 5.41) is 0.795. The molecule has 0 aliphatic heterocycles. The molecule has 2 N–H and O–H groups in total. The third kappa shape index (κ3) is 3.88. The average molecular weight is 222 g/mol. The van der Waals surface area contributed by atoms with Crippen molar-refractivity contribution in [3.63, 3.8) is 0 Å². The van der Waals surface area contributed by atoms with Crippen LogP contribution in [0.25, 0.3) is 0 Å². The van der Waals surface area contributed by atoms with Gasteiger partial charge in [0.15, 0.2) is 0 Å². The Hall–Kier alpha value is -1.11. The van der Waals surface area contributed by atoms with Crippen LogP contribution in [0.4, 0.5) is 5.69 Å². The first-order valence-corrected chi connectivity index (χ1v) is 4.14. The predicted molar refractivity (Wildman–Crippen MR) is 51.7 cm³/mol. The standard InChI is InChI=1S/C6H7N3O2S.ClH/c7-9(8-12(10)11)6-4-2-1-3-5-6;/h1-5H,7H2;1H. The van der Waals surface area contributed by atoms with Gasteiger partial charge < -0.3 is 0 Å². The Morgan fingerprint density at radius 2 is 1.77 bits per heavy atom. The molecule has 0 saturated carbocycles. The summed E-state index contributed by atoms with van der Waals surface area (Å²) in [5.74, 6) is 5.27. The van der Waals surface area contributed by atoms with E-state index in [-0.39, 0.29) is 12.4 Å². The van der Waals surface area contributed by atoms with E-state index in [0.29, 0.717) is 5.69 Å². The van der Waals surface area contributed by atoms with Crippen molar-refractivity contribution in [2.24, 2.45) is 10.3 Å². The van der Waals surface area contributed by atoms with Crippen LogP contribution >= 0.6 is 12.4 Å². The molecule has 0 unspecified atom stereocenters. The van der Waals surface area contributed by atoms with Crippen molar-refractivity contribution in [1.29, 1.82) is 0 Å². The molecule has 1 rings (SSSR count). The molecule has 1 aromatic carbocycles. The lowest BCUT2D eigenvalue weighted by Crippen LogP contribution is -2.23. The highest BCUT2D eigenvalue weighted by atomic mass is 35.5. The fraction of sp³-hybridized carbons (Fsp3) is 0. The lowest BCUT2D eigenvalue weighted by Gasteiger charge is -2.07. The minimum atomic E-state index is -2.52. The van der Waals surface area contributed by atoms with E-state index in [1.165, 1.54) is 0 Å². The summed E-state index contributed by atoms with van der Waals surface area (Å²) in [6.45, 7) is 0. The number of hydrazine groups is 1. The summed E-state index contributed by atoms with van der Waals surface area (Å²) in [5.41, 5.74) is 0.515. The van der Waals surface area contributed by atoms with Crippen molar-refractivity contribution in [1.82, 2.24) is 0 Å². The van der Waals surface area contributed by atoms with Crippen LogP contribution in [0.3, 0.4) is 0 Å². The number of hydrogen-bond acceptors (Lipinski definition) is 4. The van der Waals surface area contributed by atoms with E-state index >= 15 is 0 Å². The Morgan fingerprint density at radius 3 is 2.23 bits per heavy atom. The number of benzene rings is 1. The third-order valence-electron chi connectivity index (χ3n) is 1.18. The molecule has 0 bridgehead atoms. The summed E-state index contributed by atoms with van der Waals surface area (Å²) >= 11 is 0. The van der Waals surface area contributed by atoms with Gasteiger partial charge in [0.2, 0.25) is 0 Å². The second kappa shape index (κ2) is 5.52. The van der Waals surface area contributed by atoms with Crippen LogP contribution in [0, 0.1) is 0 Å². The van der Waals surface area contributed by atoms with Crippen LogP contribution in [-0.4, -0.2) is 8.42 Å². The maximum Gasteiger partial charge on any atom is 0.334 e. The van der Waals surface area contributed by atoms with Crippen molar-refractivity contribution >= 4 is 28.6 Å². The molecule has 0 amide bonds. The number of nitrogens with zero attached hydrogens (tertiary/aromatic N) is 2. The third-order valence-corrected chi connectivity index (χ3v) is 1.48. The Balaban J connectivity index is 0.00000144. The number of para-hydroxylation sites is 1. The Kier molecular flexibility index (Phi) is 5.05. The molecule has 7 heteroatoms. The van der Waals surface area contributed by atoms with E-state index in [1.54, 1.807) is 30.3 Å². The quantitative estimate of drug-likeness (QED) is 0.591. The maximum absolute atomic E-state index is 10.1. The number of rotatable bonds is 2. The van der Waals surface area contributed by atoms with Gasteiger partial charge in [-0.05, 0) is 16.6 Å². The summed E-state index contributed by atoms with van der Waals surface area (Å²) in [6.07, 6.45) is 0. The number of hydrogen-bond donors (Lipinski definition) is 1. The molecular formula is C6H8ClN3O2S. The Labute approximate surface area is 83.2 Å². The smallest absolute Gasteiger partial charge is 0.225 e. The molecule has 0 spiro atoms. The first-order valence-electron chi connectivity index (χ1n) is 3.11. The highest BCUT2D eigenvalue weighted by molar-refractivity contribution is 7.61. The van der Waals surface area contributed by atoms with E-state index in [4.69, 9.17) is 5.84 Å². The predicted octanol–water partition coefficient (Wildman–Crippen LogP) is 0.766. The minimum Gasteiger partial charge on any atom is -0.225 e. The number of halogens is 1. The van der Waals surface area contributed by atoms with Gasteiger partial charge in [-0.1, -0.05) is 18.2 Å². The monoisotopic (exact) mass is 221 g/mol. The van der Waals surface area contributed by atoms with Crippen molar-refractivity contribution in [2.45, 2.75) is 0 Å². The van der Waals surface area contributed by atoms with E-state index in [1.807, 2.05) is 0 Å². The lowest BCUT2D eigenvalue weighted by molar-refractivity contribution is 0.619. The molecule has 0 atom stereocenters. The molecule has 0 fully saturated rings. The minimum absolute atomic E-state index is 0. The van der Waals surface area contributed by atoms with Gasteiger partial charge in [-0.25, -0.2) is 5.84 Å². The zero-order valence-electron chi connectivity index (χ0n) is 6.49. The van der Waals surface area contributed by atoms with Crippen LogP contribution in [0.5, 0.6) is 0 Å². The first-order chi connectivity index (χ1) is 5.70. The van der Waals surface area contributed by atoms with Gasteiger partial charge in [0.1, 0.15) is 0 Å². The fourth-order valence-corrected chi connectivity index (χ4v) is 0.938. The van der Waals surface area contributed by atoms with E-state index in [0.717, 1.165) is 5.12 Å². The van der Waals surface area contributed by atoms with Crippen LogP contribution < -0.4 is 11.0 Å². The molecule has 0 radical (unpaired) electrons. The summed E-state index contributed by atoms with van der Waals surface area (Å²) < 4.78 is 23.3. The van der Waals surface area contributed by atoms with E-state index in [2.05, 4.69) is 4.47 Å². The second-order valence-electron chi connectivity index (χ2n) is 1.98. The topological polar surface area (TPSA) is 75.8 Å². The molecule has 0 aromatic heterocycles. The van der Waals surface area contributed by atoms with Crippen LogP contribution in [0.15, 0.2) is 34.8 Å². The van der Waals surface area contributed by atoms with Crippen molar-refractivity contribution < 1.29 is 8.42 Å². The summed E-state index contributed by atoms with van der Waals surface area (Å²) in [7, 11) is -2.52. The Morgan fingerprint density at radius 1 is 1.23 bits per heavy atom. The zero-order chi connectivity index (χ0) is 8.97. The van der Waals surface area contributed by atoms with Gasteiger partial charge in [0, 0.05) is 0 Å². The normalized spacial score (nSPS) is 8.38. The molecule has 5 nitrogen and oxygen atoms in total. The second-order valence-corrected chi connectivity index (χ2v) is 2.58. The van der Waals surface area contributed by atoms with Gasteiger partial charge >= 0.3 is 10.5 Å². The molecule has 0 aliphatic rings. The van der Waals surface area contributed by atoms with Crippen molar-refractivity contribution in [2.75, 3.05) is 5.12 Å². The van der Waals surface area contributed by atoms with Crippen LogP contribution in [0.2, 0.25) is 0 Å². The lowest BCUT2D eigenvalue weighted by atomic mass is 10.3. The Bertz CT molecular complexity index is 370. The van der Waals surface area contributed by atoms with E-state index in [9.17, 15) is 8.42 Å². The van der Waals surface area contributed by atoms with Crippen LogP contribution in [0.1, 0.15) is 0 Å². The average Bonchev–Trinajstić information content (AvgIpc) is 2.05. The van der Waals surface area contributed by atoms with Gasteiger partial charge in [-0.2, -0.15) is 13.5 Å². The van der Waals surface area contributed by atoms with Crippen molar-refractivity contribution in [3.8, 4) is 0 Å². The summed E-state index contributed by atoms with van der Waals surface area (Å²) in [4.78, 5) is 0. The molecular weight excluding hydrogens is 214 g/mol. The summed E-state index contributed by atoms with van der Waals surface area (Å²) in [6, 6.07) is 8.56. The highest BCUT2D eigenvalue weighted by Crippen LogP contribution is 2.08. The van der Waals surface area contributed by atoms with Crippen LogP contribution in [-0.2, 0) is 10.5 Å². The van der Waals surface area contributed by atoms with Crippen molar-refractivity contribution in [3.05, 3.63) is 30.3 Å². The molecule has 0 saturated heterocycles. The van der Waals surface area contributed by atoms with E-state index < -0.39 is 10.5 Å². The fourth-order valence-electron chi connectivity index (χ4n) is 0.700. The zero-order valence-corrected chi connectivity index (χ0v) is 8.12. The number of anilines is 1. The molecule has 13 heavy (non-hydrogen) atoms.